The summed E-state index contributed by atoms with van der Waals surface area (Å²) in [6, 6.07) is 10.3. The Morgan fingerprint density at radius 2 is 1.93 bits per heavy atom. The van der Waals surface area contributed by atoms with Crippen LogP contribution in [0.25, 0.3) is 0 Å². The lowest BCUT2D eigenvalue weighted by Gasteiger charge is -2.14. The second-order valence-corrected chi connectivity index (χ2v) is 3.83. The van der Waals surface area contributed by atoms with E-state index >= 15 is 0 Å². The lowest BCUT2D eigenvalue weighted by molar-refractivity contribution is 0.320. The molecule has 0 bridgehead atoms. The zero-order valence-electron chi connectivity index (χ0n) is 9.61. The van der Waals surface area contributed by atoms with Gasteiger partial charge in [-0.25, -0.2) is 0 Å². The van der Waals surface area contributed by atoms with Gasteiger partial charge in [0.1, 0.15) is 0 Å². The third-order valence-electron chi connectivity index (χ3n) is 2.65. The molecule has 0 spiro atoms. The van der Waals surface area contributed by atoms with Gasteiger partial charge >= 0.3 is 0 Å². The predicted octanol–water partition coefficient (Wildman–Crippen LogP) is 4.11. The molecule has 1 atom stereocenters. The fourth-order valence-electron chi connectivity index (χ4n) is 1.73. The van der Waals surface area contributed by atoms with E-state index in [-0.39, 0.29) is 5.92 Å². The summed E-state index contributed by atoms with van der Waals surface area (Å²) >= 11 is 0. The first-order valence-corrected chi connectivity index (χ1v) is 5.70. The van der Waals surface area contributed by atoms with Crippen molar-refractivity contribution in [2.24, 2.45) is 5.92 Å². The SMILES string of the molecule is CC/C=C(\O)C(CC)Cc1ccccc1. The molecule has 0 fully saturated rings. The van der Waals surface area contributed by atoms with Crippen LogP contribution in [0.3, 0.4) is 0 Å². The van der Waals surface area contributed by atoms with Crippen LogP contribution >= 0.6 is 0 Å². The number of allylic oxidation sites excluding steroid dienone is 2. The van der Waals surface area contributed by atoms with Crippen LogP contribution in [-0.2, 0) is 6.42 Å². The molecule has 0 saturated heterocycles. The Hall–Kier alpha value is -1.24. The summed E-state index contributed by atoms with van der Waals surface area (Å²) in [4.78, 5) is 0. The van der Waals surface area contributed by atoms with Gasteiger partial charge < -0.3 is 5.11 Å². The van der Waals surface area contributed by atoms with Crippen LogP contribution in [0.15, 0.2) is 42.2 Å². The summed E-state index contributed by atoms with van der Waals surface area (Å²) in [7, 11) is 0. The summed E-state index contributed by atoms with van der Waals surface area (Å²) in [5.41, 5.74) is 1.29. The third kappa shape index (κ3) is 3.78. The van der Waals surface area contributed by atoms with Crippen molar-refractivity contribution in [3.8, 4) is 0 Å². The van der Waals surface area contributed by atoms with Crippen molar-refractivity contribution in [3.63, 3.8) is 0 Å². The number of benzene rings is 1. The van der Waals surface area contributed by atoms with Crippen molar-refractivity contribution in [2.45, 2.75) is 33.1 Å². The molecule has 0 aromatic heterocycles. The van der Waals surface area contributed by atoms with Crippen molar-refractivity contribution in [2.75, 3.05) is 0 Å². The number of hydrogen-bond donors (Lipinski definition) is 1. The zero-order valence-corrected chi connectivity index (χ0v) is 9.61. The van der Waals surface area contributed by atoms with Crippen LogP contribution in [-0.4, -0.2) is 5.11 Å². The van der Waals surface area contributed by atoms with Gasteiger partial charge in [0.15, 0.2) is 0 Å². The summed E-state index contributed by atoms with van der Waals surface area (Å²) in [6.07, 6.45) is 4.73. The minimum atomic E-state index is 0.271. The average Bonchev–Trinajstić information content (AvgIpc) is 2.27. The fourth-order valence-corrected chi connectivity index (χ4v) is 1.73. The van der Waals surface area contributed by atoms with Crippen LogP contribution in [0, 0.1) is 5.92 Å². The molecule has 1 unspecified atom stereocenters. The number of hydrogen-bond acceptors (Lipinski definition) is 1. The third-order valence-corrected chi connectivity index (χ3v) is 2.65. The molecule has 0 amide bonds. The highest BCUT2D eigenvalue weighted by molar-refractivity contribution is 5.17. The van der Waals surface area contributed by atoms with E-state index in [0.717, 1.165) is 19.3 Å². The summed E-state index contributed by atoms with van der Waals surface area (Å²) < 4.78 is 0. The monoisotopic (exact) mass is 204 g/mol. The van der Waals surface area contributed by atoms with E-state index in [1.807, 2.05) is 31.2 Å². The quantitative estimate of drug-likeness (QED) is 0.716. The Bertz CT molecular complexity index is 300. The number of aliphatic hydroxyl groups is 1. The molecule has 1 heteroatoms. The van der Waals surface area contributed by atoms with Gasteiger partial charge in [0, 0.05) is 5.92 Å². The summed E-state index contributed by atoms with van der Waals surface area (Å²) in [5.74, 6) is 0.816. The number of rotatable bonds is 5. The fraction of sp³-hybridized carbons (Fsp3) is 0.429. The van der Waals surface area contributed by atoms with Crippen LogP contribution in [0.2, 0.25) is 0 Å². The molecule has 0 saturated carbocycles. The molecule has 1 nitrogen and oxygen atoms in total. The molecule has 0 radical (unpaired) electrons. The second-order valence-electron chi connectivity index (χ2n) is 3.83. The maximum absolute atomic E-state index is 9.83. The number of aliphatic hydroxyl groups excluding tert-OH is 1. The largest absolute Gasteiger partial charge is 0.512 e. The molecule has 0 aliphatic carbocycles. The van der Waals surface area contributed by atoms with Crippen molar-refractivity contribution in [1.82, 2.24) is 0 Å². The van der Waals surface area contributed by atoms with Gasteiger partial charge in [-0.3, -0.25) is 0 Å². The van der Waals surface area contributed by atoms with E-state index in [1.165, 1.54) is 5.56 Å². The average molecular weight is 204 g/mol. The van der Waals surface area contributed by atoms with E-state index in [1.54, 1.807) is 0 Å². The van der Waals surface area contributed by atoms with Gasteiger partial charge in [-0.1, -0.05) is 44.2 Å². The highest BCUT2D eigenvalue weighted by Gasteiger charge is 2.11. The standard InChI is InChI=1S/C14H20O/c1-3-8-14(15)13(4-2)11-12-9-6-5-7-10-12/h5-10,13,15H,3-4,11H2,1-2H3/b14-8-. The van der Waals surface area contributed by atoms with Gasteiger partial charge in [-0.05, 0) is 30.9 Å². The Balaban J connectivity index is 2.66. The maximum Gasteiger partial charge on any atom is 0.0916 e. The van der Waals surface area contributed by atoms with Gasteiger partial charge in [0.2, 0.25) is 0 Å². The molecule has 0 heterocycles. The molecular weight excluding hydrogens is 184 g/mol. The molecule has 0 aliphatic rings. The van der Waals surface area contributed by atoms with Crippen LogP contribution in [0.5, 0.6) is 0 Å². The molecule has 1 aromatic carbocycles. The Morgan fingerprint density at radius 1 is 1.27 bits per heavy atom. The van der Waals surface area contributed by atoms with Crippen molar-refractivity contribution >= 4 is 0 Å². The van der Waals surface area contributed by atoms with E-state index in [2.05, 4.69) is 19.1 Å². The summed E-state index contributed by atoms with van der Waals surface area (Å²) in [5, 5.41) is 9.83. The minimum absolute atomic E-state index is 0.271. The first-order chi connectivity index (χ1) is 7.27. The lowest BCUT2D eigenvalue weighted by Crippen LogP contribution is -2.06. The van der Waals surface area contributed by atoms with Gasteiger partial charge in [-0.2, -0.15) is 0 Å². The van der Waals surface area contributed by atoms with Crippen LogP contribution in [0.1, 0.15) is 32.3 Å². The topological polar surface area (TPSA) is 20.2 Å². The van der Waals surface area contributed by atoms with Crippen LogP contribution < -0.4 is 0 Å². The smallest absolute Gasteiger partial charge is 0.0916 e. The van der Waals surface area contributed by atoms with Crippen molar-refractivity contribution < 1.29 is 5.11 Å². The van der Waals surface area contributed by atoms with E-state index in [4.69, 9.17) is 0 Å². The molecule has 0 aliphatic heterocycles. The van der Waals surface area contributed by atoms with Gasteiger partial charge in [0.05, 0.1) is 5.76 Å². The lowest BCUT2D eigenvalue weighted by atomic mass is 9.94. The molecular formula is C14H20O. The minimum Gasteiger partial charge on any atom is -0.512 e. The second kappa shape index (κ2) is 6.28. The normalized spacial score (nSPS) is 13.9. The first-order valence-electron chi connectivity index (χ1n) is 5.70. The predicted molar refractivity (Wildman–Crippen MR) is 64.9 cm³/mol. The molecule has 15 heavy (non-hydrogen) atoms. The van der Waals surface area contributed by atoms with E-state index < -0.39 is 0 Å². The van der Waals surface area contributed by atoms with Crippen molar-refractivity contribution in [1.29, 1.82) is 0 Å². The van der Waals surface area contributed by atoms with Crippen molar-refractivity contribution in [3.05, 3.63) is 47.7 Å². The van der Waals surface area contributed by atoms with Crippen LogP contribution in [0.4, 0.5) is 0 Å². The summed E-state index contributed by atoms with van der Waals surface area (Å²) in [6.45, 7) is 4.17. The zero-order chi connectivity index (χ0) is 11.1. The van der Waals surface area contributed by atoms with E-state index in [0.29, 0.717) is 5.76 Å². The molecule has 82 valence electrons. The Labute approximate surface area is 92.5 Å². The molecule has 1 N–H and O–H groups in total. The van der Waals surface area contributed by atoms with E-state index in [9.17, 15) is 5.11 Å². The Kier molecular flexibility index (Phi) is 4.96. The molecule has 1 rings (SSSR count). The highest BCUT2D eigenvalue weighted by atomic mass is 16.3. The first kappa shape index (κ1) is 11.8. The van der Waals surface area contributed by atoms with Gasteiger partial charge in [0.25, 0.3) is 0 Å². The van der Waals surface area contributed by atoms with Gasteiger partial charge in [-0.15, -0.1) is 0 Å². The maximum atomic E-state index is 9.83. The highest BCUT2D eigenvalue weighted by Crippen LogP contribution is 2.18. The molecule has 1 aromatic rings. The Morgan fingerprint density at radius 3 is 2.47 bits per heavy atom.